The van der Waals surface area contributed by atoms with Gasteiger partial charge in [0.1, 0.15) is 11.6 Å². The number of nitrogens with one attached hydrogen (secondary N) is 1. The number of carbonyl (C=O) groups excluding carboxylic acids is 1. The fraction of sp³-hybridized carbons (Fsp3) is 0.476. The van der Waals surface area contributed by atoms with Gasteiger partial charge in [-0.3, -0.25) is 19.1 Å². The number of unbranched alkanes of at least 4 members (excludes halogenated alkanes) is 3. The van der Waals surface area contributed by atoms with Crippen LogP contribution in [0, 0.1) is 0 Å². The van der Waals surface area contributed by atoms with Gasteiger partial charge in [-0.15, -0.1) is 0 Å². The molecular weight excluding hydrogens is 452 g/mol. The summed E-state index contributed by atoms with van der Waals surface area (Å²) >= 11 is 3.36. The second kappa shape index (κ2) is 11.6. The highest BCUT2D eigenvalue weighted by Crippen LogP contribution is 2.20. The Morgan fingerprint density at radius 3 is 2.60 bits per heavy atom. The van der Waals surface area contributed by atoms with Gasteiger partial charge in [-0.1, -0.05) is 55.1 Å². The molecule has 0 spiro atoms. The van der Waals surface area contributed by atoms with Crippen LogP contribution >= 0.6 is 15.9 Å². The first kappa shape index (κ1) is 23.7. The molecule has 0 radical (unpaired) electrons. The number of rotatable bonds is 11. The largest absolute Gasteiger partial charge is 0.484 e. The van der Waals surface area contributed by atoms with Gasteiger partial charge >= 0.3 is 5.69 Å². The van der Waals surface area contributed by atoms with E-state index in [1.54, 1.807) is 18.2 Å². The number of anilines is 2. The maximum Gasteiger partial charge on any atom is 0.330 e. The first-order valence-electron chi connectivity index (χ1n) is 10.2. The summed E-state index contributed by atoms with van der Waals surface area (Å²) in [6, 6.07) is 7.15. The van der Waals surface area contributed by atoms with E-state index >= 15 is 0 Å². The van der Waals surface area contributed by atoms with Crippen LogP contribution in [0.15, 0.2) is 38.3 Å². The number of ether oxygens (including phenoxy) is 1. The van der Waals surface area contributed by atoms with Crippen LogP contribution in [0.25, 0.3) is 0 Å². The highest BCUT2D eigenvalue weighted by Gasteiger charge is 2.24. The Morgan fingerprint density at radius 1 is 1.20 bits per heavy atom. The lowest BCUT2D eigenvalue weighted by Crippen LogP contribution is -2.43. The molecule has 8 nitrogen and oxygen atoms in total. The zero-order chi connectivity index (χ0) is 22.1. The lowest BCUT2D eigenvalue weighted by atomic mass is 10.2. The molecular formula is C21H29BrN4O4. The summed E-state index contributed by atoms with van der Waals surface area (Å²) in [6.45, 7) is 4.47. The van der Waals surface area contributed by atoms with Crippen molar-refractivity contribution in [3.8, 4) is 5.75 Å². The van der Waals surface area contributed by atoms with Gasteiger partial charge in [0.15, 0.2) is 12.3 Å². The van der Waals surface area contributed by atoms with Crippen LogP contribution in [-0.4, -0.2) is 28.6 Å². The van der Waals surface area contributed by atoms with Gasteiger partial charge in [-0.2, -0.15) is 0 Å². The molecule has 30 heavy (non-hydrogen) atoms. The zero-order valence-electron chi connectivity index (χ0n) is 17.4. The van der Waals surface area contributed by atoms with Crippen LogP contribution in [0.1, 0.15) is 46.0 Å². The molecule has 0 saturated heterocycles. The molecule has 3 N–H and O–H groups in total. The van der Waals surface area contributed by atoms with Crippen molar-refractivity contribution in [1.29, 1.82) is 0 Å². The lowest BCUT2D eigenvalue weighted by molar-refractivity contribution is -0.120. The van der Waals surface area contributed by atoms with Gasteiger partial charge in [0.25, 0.3) is 11.5 Å². The number of H-pyrrole nitrogens is 1. The van der Waals surface area contributed by atoms with Gasteiger partial charge in [-0.05, 0) is 31.0 Å². The van der Waals surface area contributed by atoms with Gasteiger partial charge in [0, 0.05) is 17.6 Å². The quantitative estimate of drug-likeness (QED) is 0.479. The Morgan fingerprint density at radius 2 is 1.93 bits per heavy atom. The number of hydrogen-bond acceptors (Lipinski definition) is 5. The van der Waals surface area contributed by atoms with Crippen molar-refractivity contribution < 1.29 is 9.53 Å². The summed E-state index contributed by atoms with van der Waals surface area (Å²) in [5, 5.41) is 0. The van der Waals surface area contributed by atoms with Crippen molar-refractivity contribution in [3.05, 3.63) is 49.6 Å². The number of aromatic amines is 1. The highest BCUT2D eigenvalue weighted by atomic mass is 79.9. The molecule has 0 aliphatic rings. The van der Waals surface area contributed by atoms with E-state index in [0.717, 1.165) is 30.2 Å². The van der Waals surface area contributed by atoms with Gasteiger partial charge < -0.3 is 15.4 Å². The second-order valence-electron chi connectivity index (χ2n) is 7.00. The van der Waals surface area contributed by atoms with E-state index in [-0.39, 0.29) is 18.1 Å². The van der Waals surface area contributed by atoms with Crippen LogP contribution in [0.4, 0.5) is 11.5 Å². The molecule has 9 heteroatoms. The van der Waals surface area contributed by atoms with Gasteiger partial charge in [0.2, 0.25) is 0 Å². The number of hydrogen-bond donors (Lipinski definition) is 2. The summed E-state index contributed by atoms with van der Waals surface area (Å²) in [7, 11) is 0. The number of nitrogen functional groups attached to an aromatic ring is 1. The molecule has 0 fully saturated rings. The monoisotopic (exact) mass is 480 g/mol. The van der Waals surface area contributed by atoms with E-state index < -0.39 is 17.2 Å². The first-order valence-corrected chi connectivity index (χ1v) is 11.0. The molecule has 0 aliphatic carbocycles. The molecule has 1 aromatic carbocycles. The number of nitrogens with zero attached hydrogens (tertiary/aromatic N) is 2. The highest BCUT2D eigenvalue weighted by molar-refractivity contribution is 9.10. The van der Waals surface area contributed by atoms with Gasteiger partial charge in [0.05, 0.1) is 0 Å². The second-order valence-corrected chi connectivity index (χ2v) is 7.91. The minimum atomic E-state index is -0.669. The molecule has 0 bridgehead atoms. The third-order valence-corrected chi connectivity index (χ3v) is 5.16. The van der Waals surface area contributed by atoms with E-state index in [1.165, 1.54) is 9.47 Å². The predicted molar refractivity (Wildman–Crippen MR) is 122 cm³/mol. The number of nitrogens with two attached hydrogens (primary N) is 1. The average Bonchev–Trinajstić information content (AvgIpc) is 2.70. The molecule has 0 atom stereocenters. The van der Waals surface area contributed by atoms with E-state index in [0.29, 0.717) is 25.3 Å². The van der Waals surface area contributed by atoms with Crippen molar-refractivity contribution in [3.63, 3.8) is 0 Å². The molecule has 1 amide bonds. The van der Waals surface area contributed by atoms with Crippen molar-refractivity contribution in [2.75, 3.05) is 23.8 Å². The van der Waals surface area contributed by atoms with E-state index in [2.05, 4.69) is 27.8 Å². The van der Waals surface area contributed by atoms with Crippen molar-refractivity contribution in [1.82, 2.24) is 9.55 Å². The summed E-state index contributed by atoms with van der Waals surface area (Å²) in [6.07, 6.45) is 4.14. The predicted octanol–water partition coefficient (Wildman–Crippen LogP) is 3.28. The standard InChI is InChI=1S/C21H29BrN4O4/c1-3-5-7-12-25(17(27)14-30-16-10-8-9-15(22)13-16)18-19(23)26(11-6-4-2)21(29)24-20(18)28/h8-10,13H,3-7,11-12,14,23H2,1-2H3,(H,24,28,29). The van der Waals surface area contributed by atoms with E-state index in [1.807, 2.05) is 13.0 Å². The van der Waals surface area contributed by atoms with Crippen molar-refractivity contribution >= 4 is 33.3 Å². The summed E-state index contributed by atoms with van der Waals surface area (Å²) in [5.41, 5.74) is 4.96. The molecule has 0 saturated carbocycles. The molecule has 1 heterocycles. The maximum atomic E-state index is 13.0. The zero-order valence-corrected chi connectivity index (χ0v) is 19.0. The van der Waals surface area contributed by atoms with Crippen molar-refractivity contribution in [2.24, 2.45) is 0 Å². The summed E-state index contributed by atoms with van der Waals surface area (Å²) in [4.78, 5) is 41.4. The Kier molecular flexibility index (Phi) is 9.16. The Balaban J connectivity index is 2.34. The molecule has 164 valence electrons. The van der Waals surface area contributed by atoms with E-state index in [4.69, 9.17) is 10.5 Å². The number of aromatic nitrogens is 2. The number of benzene rings is 1. The van der Waals surface area contributed by atoms with Crippen LogP contribution in [0.2, 0.25) is 0 Å². The van der Waals surface area contributed by atoms with Crippen LogP contribution in [0.3, 0.4) is 0 Å². The summed E-state index contributed by atoms with van der Waals surface area (Å²) in [5.74, 6) is 0.134. The molecule has 2 rings (SSSR count). The minimum absolute atomic E-state index is 0.00417. The number of carbonyl (C=O) groups is 1. The Hall–Kier alpha value is -2.55. The number of halogens is 1. The smallest absolute Gasteiger partial charge is 0.330 e. The van der Waals surface area contributed by atoms with Crippen LogP contribution in [-0.2, 0) is 11.3 Å². The molecule has 2 aromatic rings. The fourth-order valence-corrected chi connectivity index (χ4v) is 3.42. The van der Waals surface area contributed by atoms with Crippen molar-refractivity contribution in [2.45, 2.75) is 52.5 Å². The SMILES string of the molecule is CCCCCN(C(=O)COc1cccc(Br)c1)c1c(N)n(CCCC)c(=O)[nH]c1=O. The molecule has 0 aliphatic heterocycles. The third-order valence-electron chi connectivity index (χ3n) is 4.66. The summed E-state index contributed by atoms with van der Waals surface area (Å²) < 4.78 is 7.76. The fourth-order valence-electron chi connectivity index (χ4n) is 3.04. The average molecular weight is 481 g/mol. The first-order chi connectivity index (χ1) is 14.4. The van der Waals surface area contributed by atoms with Gasteiger partial charge in [-0.25, -0.2) is 4.79 Å². The minimum Gasteiger partial charge on any atom is -0.484 e. The van der Waals surface area contributed by atoms with Crippen LogP contribution in [0.5, 0.6) is 5.75 Å². The van der Waals surface area contributed by atoms with E-state index in [9.17, 15) is 14.4 Å². The number of amides is 1. The van der Waals surface area contributed by atoms with Crippen LogP contribution < -0.4 is 26.6 Å². The molecule has 1 aromatic heterocycles. The Bertz CT molecular complexity index is 970. The normalized spacial score (nSPS) is 10.8. The Labute approximate surface area is 184 Å². The lowest BCUT2D eigenvalue weighted by Gasteiger charge is -2.24. The topological polar surface area (TPSA) is 110 Å². The molecule has 0 unspecified atom stereocenters. The maximum absolute atomic E-state index is 13.0. The third kappa shape index (κ3) is 6.22.